The third-order valence-corrected chi connectivity index (χ3v) is 4.88. The molecule has 0 spiro atoms. The van der Waals surface area contributed by atoms with Crippen molar-refractivity contribution in [3.05, 3.63) is 0 Å². The van der Waals surface area contributed by atoms with Crippen molar-refractivity contribution >= 4 is 6.29 Å². The van der Waals surface area contributed by atoms with Crippen molar-refractivity contribution in [2.45, 2.75) is 84.6 Å². The van der Waals surface area contributed by atoms with E-state index in [1.54, 1.807) is 0 Å². The molecule has 0 aromatic carbocycles. The van der Waals surface area contributed by atoms with Crippen LogP contribution in [0.1, 0.15) is 78.6 Å². The largest absolute Gasteiger partial charge is 0.303 e. The van der Waals surface area contributed by atoms with Crippen molar-refractivity contribution in [3.8, 4) is 0 Å². The SMILES string of the molecule is CCCCN(CC1(C=O)CCCCCC1)C(C)CC. The molecule has 0 aliphatic heterocycles. The van der Waals surface area contributed by atoms with Crippen LogP contribution in [-0.4, -0.2) is 30.3 Å². The summed E-state index contributed by atoms with van der Waals surface area (Å²) in [6.45, 7) is 8.96. The maximum absolute atomic E-state index is 11.7. The minimum absolute atomic E-state index is 0.0479. The summed E-state index contributed by atoms with van der Waals surface area (Å²) in [5.41, 5.74) is -0.0479. The fourth-order valence-corrected chi connectivity index (χ4v) is 3.23. The average molecular weight is 267 g/mol. The Balaban J connectivity index is 2.69. The highest BCUT2D eigenvalue weighted by Crippen LogP contribution is 2.34. The Morgan fingerprint density at radius 2 is 1.79 bits per heavy atom. The third-order valence-electron chi connectivity index (χ3n) is 4.88. The molecule has 0 radical (unpaired) electrons. The summed E-state index contributed by atoms with van der Waals surface area (Å²) in [5, 5.41) is 0. The first kappa shape index (κ1) is 16.7. The predicted molar refractivity (Wildman–Crippen MR) is 82.4 cm³/mol. The van der Waals surface area contributed by atoms with Gasteiger partial charge in [-0.15, -0.1) is 0 Å². The molecule has 0 aromatic heterocycles. The van der Waals surface area contributed by atoms with Gasteiger partial charge in [-0.2, -0.15) is 0 Å². The van der Waals surface area contributed by atoms with Gasteiger partial charge in [0.1, 0.15) is 6.29 Å². The summed E-state index contributed by atoms with van der Waals surface area (Å²) in [6, 6.07) is 0.603. The summed E-state index contributed by atoms with van der Waals surface area (Å²) in [5.74, 6) is 0. The predicted octanol–water partition coefficient (Wildman–Crippen LogP) is 4.43. The molecule has 0 aromatic rings. The summed E-state index contributed by atoms with van der Waals surface area (Å²) in [7, 11) is 0. The first-order valence-corrected chi connectivity index (χ1v) is 8.38. The molecule has 0 saturated heterocycles. The molecule has 1 rings (SSSR count). The van der Waals surface area contributed by atoms with E-state index in [-0.39, 0.29) is 5.41 Å². The highest BCUT2D eigenvalue weighted by molar-refractivity contribution is 5.59. The Kier molecular flexibility index (Phi) is 7.67. The maximum atomic E-state index is 11.7. The van der Waals surface area contributed by atoms with E-state index in [1.165, 1.54) is 51.2 Å². The van der Waals surface area contributed by atoms with E-state index in [9.17, 15) is 4.79 Å². The van der Waals surface area contributed by atoms with Crippen molar-refractivity contribution in [1.29, 1.82) is 0 Å². The smallest absolute Gasteiger partial charge is 0.127 e. The van der Waals surface area contributed by atoms with Crippen molar-refractivity contribution < 1.29 is 4.79 Å². The Labute approximate surface area is 119 Å². The van der Waals surface area contributed by atoms with Crippen LogP contribution >= 0.6 is 0 Å². The lowest BCUT2D eigenvalue weighted by molar-refractivity contribution is -0.118. The van der Waals surface area contributed by atoms with Gasteiger partial charge in [-0.1, -0.05) is 46.0 Å². The minimum atomic E-state index is -0.0479. The molecule has 1 aliphatic carbocycles. The number of hydrogen-bond donors (Lipinski definition) is 0. The van der Waals surface area contributed by atoms with Gasteiger partial charge >= 0.3 is 0 Å². The molecule has 1 aliphatic rings. The first-order chi connectivity index (χ1) is 9.17. The quantitative estimate of drug-likeness (QED) is 0.479. The first-order valence-electron chi connectivity index (χ1n) is 8.38. The van der Waals surface area contributed by atoms with Gasteiger partial charge in [0.15, 0.2) is 0 Å². The lowest BCUT2D eigenvalue weighted by Crippen LogP contribution is -2.43. The summed E-state index contributed by atoms with van der Waals surface area (Å²) in [6.07, 6.45) is 12.3. The van der Waals surface area contributed by atoms with Gasteiger partial charge in [0.2, 0.25) is 0 Å². The van der Waals surface area contributed by atoms with Crippen LogP contribution in [0.15, 0.2) is 0 Å². The Morgan fingerprint density at radius 1 is 1.16 bits per heavy atom. The molecule has 19 heavy (non-hydrogen) atoms. The van der Waals surface area contributed by atoms with E-state index >= 15 is 0 Å². The molecule has 1 unspecified atom stereocenters. The van der Waals surface area contributed by atoms with E-state index in [4.69, 9.17) is 0 Å². The molecule has 2 nitrogen and oxygen atoms in total. The van der Waals surface area contributed by atoms with Gasteiger partial charge in [0.05, 0.1) is 0 Å². The number of rotatable bonds is 8. The molecule has 0 N–H and O–H groups in total. The lowest BCUT2D eigenvalue weighted by Gasteiger charge is -2.37. The minimum Gasteiger partial charge on any atom is -0.303 e. The highest BCUT2D eigenvalue weighted by atomic mass is 16.1. The van der Waals surface area contributed by atoms with Gasteiger partial charge in [-0.25, -0.2) is 0 Å². The van der Waals surface area contributed by atoms with Gasteiger partial charge in [-0.3, -0.25) is 4.90 Å². The number of carbonyl (C=O) groups excluding carboxylic acids is 1. The zero-order valence-electron chi connectivity index (χ0n) is 13.3. The monoisotopic (exact) mass is 267 g/mol. The Hall–Kier alpha value is -0.370. The van der Waals surface area contributed by atoms with Crippen molar-refractivity contribution in [2.75, 3.05) is 13.1 Å². The van der Waals surface area contributed by atoms with Crippen molar-refractivity contribution in [1.82, 2.24) is 4.90 Å². The van der Waals surface area contributed by atoms with Gasteiger partial charge in [0.25, 0.3) is 0 Å². The second-order valence-electron chi connectivity index (χ2n) is 6.48. The van der Waals surface area contributed by atoms with E-state index in [2.05, 4.69) is 25.7 Å². The van der Waals surface area contributed by atoms with Crippen LogP contribution in [0, 0.1) is 5.41 Å². The summed E-state index contributed by atoms with van der Waals surface area (Å²) in [4.78, 5) is 14.3. The van der Waals surface area contributed by atoms with Crippen LogP contribution in [-0.2, 0) is 4.79 Å². The molecular formula is C17H33NO. The molecule has 0 heterocycles. The fraction of sp³-hybridized carbons (Fsp3) is 0.941. The summed E-state index contributed by atoms with van der Waals surface area (Å²) >= 11 is 0. The molecular weight excluding hydrogens is 234 g/mol. The zero-order valence-corrected chi connectivity index (χ0v) is 13.3. The highest BCUT2D eigenvalue weighted by Gasteiger charge is 2.33. The normalized spacial score (nSPS) is 21.1. The Bertz CT molecular complexity index is 244. The summed E-state index contributed by atoms with van der Waals surface area (Å²) < 4.78 is 0. The number of aldehydes is 1. The number of carbonyl (C=O) groups is 1. The average Bonchev–Trinajstić information content (AvgIpc) is 2.68. The fourth-order valence-electron chi connectivity index (χ4n) is 3.23. The topological polar surface area (TPSA) is 20.3 Å². The van der Waals surface area contributed by atoms with Gasteiger partial charge in [-0.05, 0) is 39.2 Å². The maximum Gasteiger partial charge on any atom is 0.127 e. The van der Waals surface area contributed by atoms with Gasteiger partial charge < -0.3 is 4.79 Å². The molecule has 1 atom stereocenters. The number of nitrogens with zero attached hydrogens (tertiary/aromatic N) is 1. The van der Waals surface area contributed by atoms with E-state index in [0.717, 1.165) is 25.9 Å². The molecule has 2 heteroatoms. The van der Waals surface area contributed by atoms with Crippen LogP contribution in [0.2, 0.25) is 0 Å². The third kappa shape index (κ3) is 5.25. The zero-order chi connectivity index (χ0) is 14.1. The van der Waals surface area contributed by atoms with E-state index in [0.29, 0.717) is 6.04 Å². The second-order valence-corrected chi connectivity index (χ2v) is 6.48. The Morgan fingerprint density at radius 3 is 2.26 bits per heavy atom. The second kappa shape index (κ2) is 8.73. The van der Waals surface area contributed by atoms with Gasteiger partial charge in [0, 0.05) is 18.0 Å². The molecule has 0 bridgehead atoms. The standard InChI is InChI=1S/C17H33NO/c1-4-6-13-18(16(3)5-2)14-17(15-19)11-9-7-8-10-12-17/h15-16H,4-14H2,1-3H3. The van der Waals surface area contributed by atoms with E-state index < -0.39 is 0 Å². The van der Waals surface area contributed by atoms with Crippen LogP contribution in [0.25, 0.3) is 0 Å². The van der Waals surface area contributed by atoms with Crippen LogP contribution < -0.4 is 0 Å². The van der Waals surface area contributed by atoms with Crippen molar-refractivity contribution in [2.24, 2.45) is 5.41 Å². The van der Waals surface area contributed by atoms with Crippen LogP contribution in [0.3, 0.4) is 0 Å². The number of hydrogen-bond acceptors (Lipinski definition) is 2. The molecule has 1 saturated carbocycles. The number of unbranched alkanes of at least 4 members (excludes halogenated alkanes) is 1. The molecule has 112 valence electrons. The van der Waals surface area contributed by atoms with Crippen LogP contribution in [0.5, 0.6) is 0 Å². The molecule has 1 fully saturated rings. The lowest BCUT2D eigenvalue weighted by atomic mass is 9.81. The molecule has 0 amide bonds. The van der Waals surface area contributed by atoms with Crippen molar-refractivity contribution in [3.63, 3.8) is 0 Å². The van der Waals surface area contributed by atoms with E-state index in [1.807, 2.05) is 0 Å². The van der Waals surface area contributed by atoms with Crippen LogP contribution in [0.4, 0.5) is 0 Å².